The summed E-state index contributed by atoms with van der Waals surface area (Å²) >= 11 is 7.15. The summed E-state index contributed by atoms with van der Waals surface area (Å²) in [6.45, 7) is 0.798. The molecule has 0 saturated carbocycles. The summed E-state index contributed by atoms with van der Waals surface area (Å²) < 4.78 is 5.79. The minimum Gasteiger partial charge on any atom is -0.489 e. The molecule has 6 heteroatoms. The van der Waals surface area contributed by atoms with E-state index < -0.39 is 0 Å². The lowest BCUT2D eigenvalue weighted by atomic mass is 10.1. The van der Waals surface area contributed by atoms with E-state index in [2.05, 4.69) is 12.1 Å². The monoisotopic (exact) mass is 463 g/mol. The zero-order chi connectivity index (χ0) is 22.3. The molecule has 162 valence electrons. The minimum absolute atomic E-state index is 0.214. The van der Waals surface area contributed by atoms with E-state index in [0.717, 1.165) is 35.7 Å². The van der Waals surface area contributed by atoms with Crippen LogP contribution in [0.25, 0.3) is 6.08 Å². The van der Waals surface area contributed by atoms with Crippen LogP contribution in [0.1, 0.15) is 23.1 Å². The number of imide groups is 1. The smallest absolute Gasteiger partial charge is 0.293 e. The second-order valence-electron chi connectivity index (χ2n) is 7.37. The maximum atomic E-state index is 12.7. The molecule has 1 saturated heterocycles. The van der Waals surface area contributed by atoms with Gasteiger partial charge in [-0.3, -0.25) is 14.5 Å². The van der Waals surface area contributed by atoms with Crippen LogP contribution in [0.5, 0.6) is 5.75 Å². The van der Waals surface area contributed by atoms with Crippen molar-refractivity contribution < 1.29 is 14.3 Å². The third kappa shape index (κ3) is 5.61. The van der Waals surface area contributed by atoms with Gasteiger partial charge in [-0.25, -0.2) is 0 Å². The third-order valence-electron chi connectivity index (χ3n) is 5.09. The van der Waals surface area contributed by atoms with Crippen LogP contribution in [0.2, 0.25) is 5.02 Å². The van der Waals surface area contributed by atoms with Gasteiger partial charge in [0, 0.05) is 17.1 Å². The van der Waals surface area contributed by atoms with Crippen LogP contribution in [0.4, 0.5) is 4.79 Å². The predicted molar refractivity (Wildman–Crippen MR) is 130 cm³/mol. The lowest BCUT2D eigenvalue weighted by Gasteiger charge is -2.12. The Labute approximate surface area is 196 Å². The number of rotatable bonds is 8. The summed E-state index contributed by atoms with van der Waals surface area (Å²) in [4.78, 5) is 26.8. The van der Waals surface area contributed by atoms with E-state index in [-0.39, 0.29) is 11.1 Å². The molecule has 0 aromatic heterocycles. The first-order valence-corrected chi connectivity index (χ1v) is 11.6. The number of benzene rings is 3. The van der Waals surface area contributed by atoms with Crippen molar-refractivity contribution in [2.75, 3.05) is 6.54 Å². The molecule has 4 rings (SSSR count). The average Bonchev–Trinajstić information content (AvgIpc) is 3.07. The number of hydrogen-bond donors (Lipinski definition) is 0. The molecule has 3 aromatic rings. The van der Waals surface area contributed by atoms with Crippen molar-refractivity contribution in [3.8, 4) is 5.75 Å². The minimum atomic E-state index is -0.230. The van der Waals surface area contributed by atoms with Crippen molar-refractivity contribution in [1.82, 2.24) is 4.90 Å². The Morgan fingerprint density at radius 1 is 0.906 bits per heavy atom. The Morgan fingerprint density at radius 3 is 2.38 bits per heavy atom. The number of nitrogens with zero attached hydrogens (tertiary/aromatic N) is 1. The summed E-state index contributed by atoms with van der Waals surface area (Å²) in [6, 6.07) is 25.0. The normalized spacial score (nSPS) is 14.9. The molecular weight excluding hydrogens is 442 g/mol. The van der Waals surface area contributed by atoms with Crippen molar-refractivity contribution in [3.63, 3.8) is 0 Å². The van der Waals surface area contributed by atoms with Crippen molar-refractivity contribution in [1.29, 1.82) is 0 Å². The third-order valence-corrected chi connectivity index (χ3v) is 6.37. The van der Waals surface area contributed by atoms with Gasteiger partial charge in [0.15, 0.2) is 0 Å². The summed E-state index contributed by atoms with van der Waals surface area (Å²) in [7, 11) is 0. The van der Waals surface area contributed by atoms with Gasteiger partial charge in [-0.15, -0.1) is 0 Å². The topological polar surface area (TPSA) is 46.6 Å². The van der Waals surface area contributed by atoms with Crippen LogP contribution in [0.15, 0.2) is 83.8 Å². The van der Waals surface area contributed by atoms with Gasteiger partial charge in [0.05, 0.1) is 4.91 Å². The van der Waals surface area contributed by atoms with Crippen LogP contribution >= 0.6 is 23.4 Å². The number of ether oxygens (including phenoxy) is 1. The van der Waals surface area contributed by atoms with E-state index in [0.29, 0.717) is 28.8 Å². The molecular formula is C26H22ClNO3S. The first-order chi connectivity index (χ1) is 15.6. The molecule has 1 aliphatic heterocycles. The lowest BCUT2D eigenvalue weighted by Crippen LogP contribution is -2.29. The Bertz CT molecular complexity index is 1130. The first-order valence-electron chi connectivity index (χ1n) is 10.4. The molecule has 32 heavy (non-hydrogen) atoms. The van der Waals surface area contributed by atoms with Gasteiger partial charge in [-0.2, -0.15) is 0 Å². The van der Waals surface area contributed by atoms with E-state index in [9.17, 15) is 9.59 Å². The molecule has 0 radical (unpaired) electrons. The molecule has 0 bridgehead atoms. The highest BCUT2D eigenvalue weighted by molar-refractivity contribution is 8.18. The Kier molecular flexibility index (Phi) is 7.30. The van der Waals surface area contributed by atoms with Gasteiger partial charge in [0.1, 0.15) is 12.4 Å². The number of aryl methyl sites for hydroxylation is 1. The van der Waals surface area contributed by atoms with Crippen LogP contribution < -0.4 is 4.74 Å². The van der Waals surface area contributed by atoms with Gasteiger partial charge < -0.3 is 4.74 Å². The van der Waals surface area contributed by atoms with E-state index in [1.165, 1.54) is 10.5 Å². The fourth-order valence-electron chi connectivity index (χ4n) is 3.37. The maximum absolute atomic E-state index is 12.7. The second kappa shape index (κ2) is 10.5. The molecule has 0 N–H and O–H groups in total. The summed E-state index contributed by atoms with van der Waals surface area (Å²) in [5.74, 6) is 0.475. The largest absolute Gasteiger partial charge is 0.489 e. The number of halogens is 1. The van der Waals surface area contributed by atoms with Crippen LogP contribution in [0.3, 0.4) is 0 Å². The lowest BCUT2D eigenvalue weighted by molar-refractivity contribution is -0.122. The van der Waals surface area contributed by atoms with Crippen molar-refractivity contribution in [3.05, 3.63) is 105 Å². The first kappa shape index (κ1) is 22.2. The number of carbonyl (C=O) groups excluding carboxylic acids is 2. The Morgan fingerprint density at radius 2 is 1.62 bits per heavy atom. The SMILES string of the molecule is O=C1S/C(=C/c2ccc(OCc3ccccc3Cl)cc2)C(=O)N1CCCc1ccccc1. The van der Waals surface area contributed by atoms with Crippen LogP contribution in [-0.4, -0.2) is 22.6 Å². The molecule has 3 aromatic carbocycles. The maximum Gasteiger partial charge on any atom is 0.293 e. The number of thioether (sulfide) groups is 1. The van der Waals surface area contributed by atoms with E-state index in [1.807, 2.05) is 66.7 Å². The Balaban J connectivity index is 1.33. The van der Waals surface area contributed by atoms with Crippen molar-refractivity contribution in [2.45, 2.75) is 19.4 Å². The number of carbonyl (C=O) groups is 2. The quantitative estimate of drug-likeness (QED) is 0.353. The van der Waals surface area contributed by atoms with E-state index in [1.54, 1.807) is 6.08 Å². The second-order valence-corrected chi connectivity index (χ2v) is 8.77. The predicted octanol–water partition coefficient (Wildman–Crippen LogP) is 6.59. The summed E-state index contributed by atoms with van der Waals surface area (Å²) in [5, 5.41) is 0.456. The highest BCUT2D eigenvalue weighted by atomic mass is 35.5. The van der Waals surface area contributed by atoms with Gasteiger partial charge in [0.25, 0.3) is 11.1 Å². The van der Waals surface area contributed by atoms with Crippen LogP contribution in [-0.2, 0) is 17.8 Å². The molecule has 0 unspecified atom stereocenters. The van der Waals surface area contributed by atoms with Gasteiger partial charge in [0.2, 0.25) is 0 Å². The fraction of sp³-hybridized carbons (Fsp3) is 0.154. The highest BCUT2D eigenvalue weighted by Gasteiger charge is 2.34. The molecule has 0 aliphatic carbocycles. The summed E-state index contributed by atoms with van der Waals surface area (Å²) in [5.41, 5.74) is 2.95. The molecule has 1 fully saturated rings. The standard InChI is InChI=1S/C26H22ClNO3S/c27-23-11-5-4-10-21(23)18-31-22-14-12-20(13-15-22)17-24-25(29)28(26(30)32-24)16-6-9-19-7-2-1-3-8-19/h1-5,7-8,10-15,17H,6,9,16,18H2/b24-17+. The summed E-state index contributed by atoms with van der Waals surface area (Å²) in [6.07, 6.45) is 3.32. The molecule has 0 spiro atoms. The highest BCUT2D eigenvalue weighted by Crippen LogP contribution is 2.32. The molecule has 0 atom stereocenters. The van der Waals surface area contributed by atoms with Crippen molar-refractivity contribution in [2.24, 2.45) is 0 Å². The molecule has 2 amide bonds. The van der Waals surface area contributed by atoms with Crippen LogP contribution in [0, 0.1) is 0 Å². The van der Waals surface area contributed by atoms with Gasteiger partial charge >= 0.3 is 0 Å². The molecule has 1 heterocycles. The number of amides is 2. The molecule has 4 nitrogen and oxygen atoms in total. The zero-order valence-corrected chi connectivity index (χ0v) is 18.9. The van der Waals surface area contributed by atoms with E-state index in [4.69, 9.17) is 16.3 Å². The molecule has 1 aliphatic rings. The Hall–Kier alpha value is -3.02. The van der Waals surface area contributed by atoms with E-state index >= 15 is 0 Å². The zero-order valence-electron chi connectivity index (χ0n) is 17.4. The number of hydrogen-bond acceptors (Lipinski definition) is 4. The van der Waals surface area contributed by atoms with Crippen molar-refractivity contribution >= 4 is 40.6 Å². The fourth-order valence-corrected chi connectivity index (χ4v) is 4.42. The van der Waals surface area contributed by atoms with Gasteiger partial charge in [-0.05, 0) is 60.0 Å². The average molecular weight is 464 g/mol. The van der Waals surface area contributed by atoms with Gasteiger partial charge in [-0.1, -0.05) is 72.3 Å².